The molecule has 0 spiro atoms. The van der Waals surface area contributed by atoms with Crippen LogP contribution in [0, 0.1) is 5.92 Å². The van der Waals surface area contributed by atoms with Gasteiger partial charge in [-0.1, -0.05) is 19.8 Å². The first-order chi connectivity index (χ1) is 11.2. The lowest BCUT2D eigenvalue weighted by atomic mass is 9.87. The second-order valence-electron chi connectivity index (χ2n) is 6.78. The number of carbonyl (C=O) groups is 1. The van der Waals surface area contributed by atoms with Gasteiger partial charge in [0.15, 0.2) is 5.69 Å². The standard InChI is InChI=1S/C17H26N4O2/c1-12-3-2-4-14(11-12)18-16-6-5-15(20-21-16)17(22)19-13-7-9-23-10-8-13/h5-6,12-14H,2-4,7-11H2,1H3,(H,18,21)(H,19,22). The van der Waals surface area contributed by atoms with Gasteiger partial charge in [0.05, 0.1) is 0 Å². The Hall–Kier alpha value is -1.69. The van der Waals surface area contributed by atoms with E-state index in [0.717, 1.165) is 24.6 Å². The monoisotopic (exact) mass is 318 g/mol. The molecule has 0 radical (unpaired) electrons. The summed E-state index contributed by atoms with van der Waals surface area (Å²) < 4.78 is 5.29. The number of aromatic nitrogens is 2. The fourth-order valence-electron chi connectivity index (χ4n) is 3.41. The van der Waals surface area contributed by atoms with Crippen LogP contribution in [0.2, 0.25) is 0 Å². The van der Waals surface area contributed by atoms with E-state index in [-0.39, 0.29) is 11.9 Å². The number of ether oxygens (including phenoxy) is 1. The van der Waals surface area contributed by atoms with E-state index in [0.29, 0.717) is 24.9 Å². The third-order valence-corrected chi connectivity index (χ3v) is 4.74. The maximum absolute atomic E-state index is 12.2. The molecule has 1 aromatic rings. The van der Waals surface area contributed by atoms with E-state index < -0.39 is 0 Å². The van der Waals surface area contributed by atoms with Crippen LogP contribution >= 0.6 is 0 Å². The van der Waals surface area contributed by atoms with Gasteiger partial charge in [-0.2, -0.15) is 0 Å². The van der Waals surface area contributed by atoms with E-state index in [1.54, 1.807) is 6.07 Å². The van der Waals surface area contributed by atoms with Crippen LogP contribution < -0.4 is 10.6 Å². The highest BCUT2D eigenvalue weighted by molar-refractivity contribution is 5.92. The van der Waals surface area contributed by atoms with Crippen molar-refractivity contribution in [2.75, 3.05) is 18.5 Å². The van der Waals surface area contributed by atoms with E-state index in [4.69, 9.17) is 4.74 Å². The molecule has 2 heterocycles. The average Bonchev–Trinajstić information content (AvgIpc) is 2.56. The lowest BCUT2D eigenvalue weighted by Gasteiger charge is -2.27. The Bertz CT molecular complexity index is 514. The van der Waals surface area contributed by atoms with Crippen molar-refractivity contribution in [3.05, 3.63) is 17.8 Å². The number of nitrogens with zero attached hydrogens (tertiary/aromatic N) is 2. The van der Waals surface area contributed by atoms with E-state index in [1.807, 2.05) is 6.07 Å². The molecule has 1 amide bonds. The number of amides is 1. The zero-order chi connectivity index (χ0) is 16.1. The Morgan fingerprint density at radius 3 is 2.65 bits per heavy atom. The summed E-state index contributed by atoms with van der Waals surface area (Å²) in [5.41, 5.74) is 0.374. The summed E-state index contributed by atoms with van der Waals surface area (Å²) in [6.07, 6.45) is 6.65. The van der Waals surface area contributed by atoms with Crippen LogP contribution in [0.4, 0.5) is 5.82 Å². The molecule has 2 aliphatic rings. The van der Waals surface area contributed by atoms with Gasteiger partial charge in [0.25, 0.3) is 5.91 Å². The average molecular weight is 318 g/mol. The first-order valence-electron chi connectivity index (χ1n) is 8.69. The number of nitrogens with one attached hydrogen (secondary N) is 2. The fraction of sp³-hybridized carbons (Fsp3) is 0.706. The van der Waals surface area contributed by atoms with Crippen LogP contribution in [0.15, 0.2) is 12.1 Å². The first-order valence-corrected chi connectivity index (χ1v) is 8.69. The van der Waals surface area contributed by atoms with Gasteiger partial charge in [-0.05, 0) is 43.7 Å². The third-order valence-electron chi connectivity index (χ3n) is 4.74. The van der Waals surface area contributed by atoms with Crippen molar-refractivity contribution in [3.63, 3.8) is 0 Å². The largest absolute Gasteiger partial charge is 0.381 e. The third kappa shape index (κ3) is 4.64. The number of carbonyl (C=O) groups excluding carboxylic acids is 1. The van der Waals surface area contributed by atoms with Gasteiger partial charge < -0.3 is 15.4 Å². The van der Waals surface area contributed by atoms with Gasteiger partial charge in [-0.15, -0.1) is 10.2 Å². The van der Waals surface area contributed by atoms with Crippen LogP contribution in [0.3, 0.4) is 0 Å². The summed E-state index contributed by atoms with van der Waals surface area (Å²) in [6.45, 7) is 3.71. The number of rotatable bonds is 4. The van der Waals surface area contributed by atoms with Crippen molar-refractivity contribution < 1.29 is 9.53 Å². The van der Waals surface area contributed by atoms with Crippen molar-refractivity contribution in [2.45, 2.75) is 57.5 Å². The highest BCUT2D eigenvalue weighted by atomic mass is 16.5. The van der Waals surface area contributed by atoms with E-state index >= 15 is 0 Å². The molecule has 6 heteroatoms. The lowest BCUT2D eigenvalue weighted by Crippen LogP contribution is -2.39. The molecule has 0 bridgehead atoms. The van der Waals surface area contributed by atoms with Crippen molar-refractivity contribution in [1.29, 1.82) is 0 Å². The van der Waals surface area contributed by atoms with Crippen LogP contribution in [0.1, 0.15) is 55.9 Å². The zero-order valence-corrected chi connectivity index (χ0v) is 13.8. The highest BCUT2D eigenvalue weighted by Crippen LogP contribution is 2.25. The zero-order valence-electron chi connectivity index (χ0n) is 13.8. The van der Waals surface area contributed by atoms with E-state index in [1.165, 1.54) is 25.7 Å². The Labute approximate surface area is 137 Å². The molecule has 2 fully saturated rings. The van der Waals surface area contributed by atoms with Crippen molar-refractivity contribution in [3.8, 4) is 0 Å². The fourth-order valence-corrected chi connectivity index (χ4v) is 3.41. The molecule has 1 aromatic heterocycles. The van der Waals surface area contributed by atoms with Gasteiger partial charge in [0, 0.05) is 25.3 Å². The molecule has 1 aliphatic heterocycles. The minimum atomic E-state index is -0.151. The first kappa shape index (κ1) is 16.2. The van der Waals surface area contributed by atoms with Crippen molar-refractivity contribution in [1.82, 2.24) is 15.5 Å². The van der Waals surface area contributed by atoms with Gasteiger partial charge in [-0.3, -0.25) is 4.79 Å². The van der Waals surface area contributed by atoms with Crippen LogP contribution in [0.25, 0.3) is 0 Å². The van der Waals surface area contributed by atoms with Crippen molar-refractivity contribution >= 4 is 11.7 Å². The molecular formula is C17H26N4O2. The summed E-state index contributed by atoms with van der Waals surface area (Å²) in [5, 5.41) is 14.7. The molecule has 2 N–H and O–H groups in total. The molecule has 2 unspecified atom stereocenters. The van der Waals surface area contributed by atoms with Gasteiger partial charge in [-0.25, -0.2) is 0 Å². The Balaban J connectivity index is 1.52. The summed E-state index contributed by atoms with van der Waals surface area (Å²) in [7, 11) is 0. The summed E-state index contributed by atoms with van der Waals surface area (Å²) in [5.74, 6) is 1.37. The molecule has 2 atom stereocenters. The minimum absolute atomic E-state index is 0.151. The Kier molecular flexibility index (Phi) is 5.43. The molecule has 1 saturated heterocycles. The predicted molar refractivity (Wildman–Crippen MR) is 88.4 cm³/mol. The molecule has 0 aromatic carbocycles. The van der Waals surface area contributed by atoms with E-state index in [2.05, 4.69) is 27.8 Å². The second-order valence-corrected chi connectivity index (χ2v) is 6.78. The second kappa shape index (κ2) is 7.73. The van der Waals surface area contributed by atoms with Gasteiger partial charge >= 0.3 is 0 Å². The Morgan fingerprint density at radius 1 is 1.13 bits per heavy atom. The molecule has 23 heavy (non-hydrogen) atoms. The number of anilines is 1. The molecule has 6 nitrogen and oxygen atoms in total. The van der Waals surface area contributed by atoms with E-state index in [9.17, 15) is 4.79 Å². The normalized spacial score (nSPS) is 25.8. The SMILES string of the molecule is CC1CCCC(Nc2ccc(C(=O)NC3CCOCC3)nn2)C1. The molecular weight excluding hydrogens is 292 g/mol. The predicted octanol–water partition coefficient (Wildman–Crippen LogP) is 2.38. The molecule has 1 aliphatic carbocycles. The minimum Gasteiger partial charge on any atom is -0.381 e. The number of hydrogen-bond acceptors (Lipinski definition) is 5. The highest BCUT2D eigenvalue weighted by Gasteiger charge is 2.20. The van der Waals surface area contributed by atoms with Crippen molar-refractivity contribution in [2.24, 2.45) is 5.92 Å². The topological polar surface area (TPSA) is 76.1 Å². The quantitative estimate of drug-likeness (QED) is 0.891. The van der Waals surface area contributed by atoms with Crippen LogP contribution in [0.5, 0.6) is 0 Å². The summed E-state index contributed by atoms with van der Waals surface area (Å²) in [6, 6.07) is 4.25. The summed E-state index contributed by atoms with van der Waals surface area (Å²) >= 11 is 0. The molecule has 3 rings (SSSR count). The van der Waals surface area contributed by atoms with Crippen LogP contribution in [-0.2, 0) is 4.74 Å². The summed E-state index contributed by atoms with van der Waals surface area (Å²) in [4.78, 5) is 12.2. The molecule has 126 valence electrons. The lowest BCUT2D eigenvalue weighted by molar-refractivity contribution is 0.0693. The van der Waals surface area contributed by atoms with Crippen LogP contribution in [-0.4, -0.2) is 41.4 Å². The van der Waals surface area contributed by atoms with Gasteiger partial charge in [0.2, 0.25) is 0 Å². The molecule has 1 saturated carbocycles. The van der Waals surface area contributed by atoms with Gasteiger partial charge in [0.1, 0.15) is 5.82 Å². The smallest absolute Gasteiger partial charge is 0.272 e. The maximum atomic E-state index is 12.2. The number of hydrogen-bond donors (Lipinski definition) is 2. The Morgan fingerprint density at radius 2 is 1.96 bits per heavy atom. The maximum Gasteiger partial charge on any atom is 0.272 e.